The maximum atomic E-state index is 13.2. The zero-order valence-electron chi connectivity index (χ0n) is 17.5. The average molecular weight is 443 g/mol. The lowest BCUT2D eigenvalue weighted by atomic mass is 10.1. The number of imidazole rings is 1. The molecule has 3 aromatic rings. The maximum Gasteiger partial charge on any atom is 0.150 e. The monoisotopic (exact) mass is 442 g/mol. The molecule has 0 radical (unpaired) electrons. The number of anilines is 1. The third kappa shape index (κ3) is 4.45. The van der Waals surface area contributed by atoms with Crippen LogP contribution in [-0.4, -0.2) is 60.6 Å². The Morgan fingerprint density at radius 3 is 2.45 bits per heavy atom. The highest BCUT2D eigenvalue weighted by Gasteiger charge is 2.30. The van der Waals surface area contributed by atoms with Crippen molar-refractivity contribution < 1.29 is 12.8 Å². The molecule has 2 fully saturated rings. The van der Waals surface area contributed by atoms with Gasteiger partial charge >= 0.3 is 0 Å². The second kappa shape index (κ2) is 8.24. The van der Waals surface area contributed by atoms with Crippen LogP contribution in [0.15, 0.2) is 48.5 Å². The molecule has 8 heteroatoms. The van der Waals surface area contributed by atoms with Crippen LogP contribution in [0.25, 0.3) is 11.0 Å². The lowest BCUT2D eigenvalue weighted by molar-refractivity contribution is 0.205. The Bertz CT molecular complexity index is 1170. The van der Waals surface area contributed by atoms with E-state index < -0.39 is 9.84 Å². The van der Waals surface area contributed by atoms with Crippen LogP contribution in [0.2, 0.25) is 0 Å². The fraction of sp³-hybridized carbons (Fsp3) is 0.435. The first-order valence-electron chi connectivity index (χ1n) is 10.8. The Labute approximate surface area is 182 Å². The molecule has 0 aliphatic carbocycles. The topological polar surface area (TPSA) is 58.4 Å². The van der Waals surface area contributed by atoms with Crippen molar-refractivity contribution >= 4 is 26.6 Å². The molecule has 164 valence electrons. The molecule has 3 heterocycles. The van der Waals surface area contributed by atoms with Crippen molar-refractivity contribution in [1.82, 2.24) is 14.5 Å². The maximum absolute atomic E-state index is 13.2. The summed E-state index contributed by atoms with van der Waals surface area (Å²) in [7, 11) is -2.90. The summed E-state index contributed by atoms with van der Waals surface area (Å²) in [6, 6.07) is 14.8. The highest BCUT2D eigenvalue weighted by molar-refractivity contribution is 7.91. The highest BCUT2D eigenvalue weighted by Crippen LogP contribution is 2.25. The standard InChI is InChI=1S/C23H27FN4O2S/c24-19-5-7-20(8-6-19)27-12-10-26(11-13-27)17-28-22-4-2-1-3-21(22)25-23(28)15-18-9-14-31(29,30)16-18/h1-8,18H,9-17H2/t18-/m0/s1. The van der Waals surface area contributed by atoms with E-state index in [0.29, 0.717) is 12.2 Å². The minimum absolute atomic E-state index is 0.149. The molecule has 2 aromatic carbocycles. The Kier molecular flexibility index (Phi) is 5.44. The lowest BCUT2D eigenvalue weighted by Gasteiger charge is -2.36. The number of halogens is 1. The van der Waals surface area contributed by atoms with E-state index in [9.17, 15) is 12.8 Å². The van der Waals surface area contributed by atoms with Crippen molar-refractivity contribution in [1.29, 1.82) is 0 Å². The summed E-state index contributed by atoms with van der Waals surface area (Å²) in [6.07, 6.45) is 1.42. The molecule has 2 aliphatic rings. The number of hydrogen-bond donors (Lipinski definition) is 0. The molecule has 0 saturated carbocycles. The summed E-state index contributed by atoms with van der Waals surface area (Å²) in [6.45, 7) is 4.32. The van der Waals surface area contributed by atoms with Gasteiger partial charge in [0, 0.05) is 38.3 Å². The lowest BCUT2D eigenvalue weighted by Crippen LogP contribution is -2.47. The minimum Gasteiger partial charge on any atom is -0.369 e. The molecular formula is C23H27FN4O2S. The zero-order chi connectivity index (χ0) is 21.4. The Morgan fingerprint density at radius 2 is 1.74 bits per heavy atom. The number of fused-ring (bicyclic) bond motifs is 1. The van der Waals surface area contributed by atoms with Gasteiger partial charge in [-0.1, -0.05) is 12.1 Å². The number of sulfone groups is 1. The number of para-hydroxylation sites is 2. The van der Waals surface area contributed by atoms with Crippen LogP contribution in [0.4, 0.5) is 10.1 Å². The molecule has 5 rings (SSSR count). The van der Waals surface area contributed by atoms with Crippen molar-refractivity contribution in [3.05, 3.63) is 60.2 Å². The van der Waals surface area contributed by atoms with Crippen molar-refractivity contribution in [2.45, 2.75) is 19.5 Å². The van der Waals surface area contributed by atoms with E-state index in [1.807, 2.05) is 30.3 Å². The number of rotatable bonds is 5. The minimum atomic E-state index is -2.90. The van der Waals surface area contributed by atoms with Gasteiger partial charge in [0.25, 0.3) is 0 Å². The van der Waals surface area contributed by atoms with Crippen LogP contribution in [-0.2, 0) is 22.9 Å². The van der Waals surface area contributed by atoms with Gasteiger partial charge in [-0.2, -0.15) is 0 Å². The van der Waals surface area contributed by atoms with Gasteiger partial charge < -0.3 is 9.47 Å². The first-order valence-corrected chi connectivity index (χ1v) is 12.7. The largest absolute Gasteiger partial charge is 0.369 e. The van der Waals surface area contributed by atoms with E-state index in [1.54, 1.807) is 0 Å². The summed E-state index contributed by atoms with van der Waals surface area (Å²) in [5, 5.41) is 0. The predicted molar refractivity (Wildman–Crippen MR) is 120 cm³/mol. The molecule has 1 atom stereocenters. The van der Waals surface area contributed by atoms with Crippen LogP contribution >= 0.6 is 0 Å². The zero-order valence-corrected chi connectivity index (χ0v) is 18.3. The van der Waals surface area contributed by atoms with Crippen LogP contribution in [0.5, 0.6) is 0 Å². The molecule has 2 saturated heterocycles. The molecule has 0 spiro atoms. The van der Waals surface area contributed by atoms with Crippen molar-refractivity contribution in [3.8, 4) is 0 Å². The Hall–Kier alpha value is -2.45. The molecule has 0 bridgehead atoms. The van der Waals surface area contributed by atoms with Crippen LogP contribution in [0, 0.1) is 11.7 Å². The van der Waals surface area contributed by atoms with Gasteiger partial charge in [0.05, 0.1) is 29.2 Å². The van der Waals surface area contributed by atoms with Gasteiger partial charge in [-0.15, -0.1) is 0 Å². The van der Waals surface area contributed by atoms with Crippen molar-refractivity contribution in [2.75, 3.05) is 42.6 Å². The molecule has 0 N–H and O–H groups in total. The Balaban J connectivity index is 1.31. The SMILES string of the molecule is O=S1(=O)CC[C@@H](Cc2nc3ccccc3n2CN2CCN(c3ccc(F)cc3)CC2)C1. The molecule has 0 amide bonds. The van der Waals surface area contributed by atoms with E-state index in [-0.39, 0.29) is 17.5 Å². The van der Waals surface area contributed by atoms with Gasteiger partial charge in [0.1, 0.15) is 11.6 Å². The number of aromatic nitrogens is 2. The predicted octanol–water partition coefficient (Wildman–Crippen LogP) is 2.93. The second-order valence-electron chi connectivity index (χ2n) is 8.64. The van der Waals surface area contributed by atoms with Gasteiger partial charge in [0.15, 0.2) is 9.84 Å². The normalized spacial score (nSPS) is 21.7. The van der Waals surface area contributed by atoms with E-state index in [4.69, 9.17) is 4.98 Å². The average Bonchev–Trinajstić information content (AvgIpc) is 3.28. The summed E-state index contributed by atoms with van der Waals surface area (Å²) in [4.78, 5) is 9.55. The fourth-order valence-corrected chi connectivity index (χ4v) is 6.59. The first kappa shape index (κ1) is 20.5. The Morgan fingerprint density at radius 1 is 1.00 bits per heavy atom. The summed E-state index contributed by atoms with van der Waals surface area (Å²) in [5.74, 6) is 1.48. The van der Waals surface area contributed by atoms with Gasteiger partial charge in [-0.25, -0.2) is 17.8 Å². The third-order valence-electron chi connectivity index (χ3n) is 6.44. The van der Waals surface area contributed by atoms with Crippen LogP contribution in [0.3, 0.4) is 0 Å². The fourth-order valence-electron chi connectivity index (χ4n) is 4.73. The number of piperazine rings is 1. The van der Waals surface area contributed by atoms with E-state index in [1.165, 1.54) is 12.1 Å². The van der Waals surface area contributed by atoms with Gasteiger partial charge in [-0.05, 0) is 48.7 Å². The molecule has 6 nitrogen and oxygen atoms in total. The number of benzene rings is 2. The molecule has 0 unspecified atom stereocenters. The number of nitrogens with zero attached hydrogens (tertiary/aromatic N) is 4. The molecule has 2 aliphatic heterocycles. The van der Waals surface area contributed by atoms with E-state index in [2.05, 4.69) is 20.4 Å². The quantitative estimate of drug-likeness (QED) is 0.608. The number of hydrogen-bond acceptors (Lipinski definition) is 5. The van der Waals surface area contributed by atoms with Gasteiger partial charge in [0.2, 0.25) is 0 Å². The van der Waals surface area contributed by atoms with E-state index in [0.717, 1.165) is 61.8 Å². The first-order chi connectivity index (χ1) is 15.0. The van der Waals surface area contributed by atoms with E-state index >= 15 is 0 Å². The second-order valence-corrected chi connectivity index (χ2v) is 10.9. The van der Waals surface area contributed by atoms with Crippen molar-refractivity contribution in [2.24, 2.45) is 5.92 Å². The molecular weight excluding hydrogens is 415 g/mol. The van der Waals surface area contributed by atoms with Gasteiger partial charge in [-0.3, -0.25) is 4.90 Å². The highest BCUT2D eigenvalue weighted by atomic mass is 32.2. The summed E-state index contributed by atoms with van der Waals surface area (Å²) >= 11 is 0. The summed E-state index contributed by atoms with van der Waals surface area (Å²) < 4.78 is 39.3. The molecule has 1 aromatic heterocycles. The third-order valence-corrected chi connectivity index (χ3v) is 8.27. The summed E-state index contributed by atoms with van der Waals surface area (Å²) in [5.41, 5.74) is 3.11. The van der Waals surface area contributed by atoms with Crippen molar-refractivity contribution in [3.63, 3.8) is 0 Å². The van der Waals surface area contributed by atoms with Crippen LogP contribution in [0.1, 0.15) is 12.2 Å². The smallest absolute Gasteiger partial charge is 0.150 e. The van der Waals surface area contributed by atoms with Crippen LogP contribution < -0.4 is 4.90 Å². The molecule has 31 heavy (non-hydrogen) atoms.